The van der Waals surface area contributed by atoms with Gasteiger partial charge < -0.3 is 26.3 Å². The van der Waals surface area contributed by atoms with Gasteiger partial charge in [0.1, 0.15) is 28.2 Å². The zero-order chi connectivity index (χ0) is 27.4. The molecule has 2 aromatic carbocycles. The molecule has 38 heavy (non-hydrogen) atoms. The van der Waals surface area contributed by atoms with Crippen LogP contribution in [0.1, 0.15) is 57.4 Å². The van der Waals surface area contributed by atoms with Crippen molar-refractivity contribution >= 4 is 40.6 Å². The number of nitrogen functional groups attached to an aromatic ring is 1. The third kappa shape index (κ3) is 5.40. The highest BCUT2D eigenvalue weighted by Crippen LogP contribution is 2.40. The molecule has 1 aliphatic carbocycles. The van der Waals surface area contributed by atoms with Crippen LogP contribution in [0.4, 0.5) is 15.8 Å². The summed E-state index contributed by atoms with van der Waals surface area (Å²) >= 11 is 0.688. The minimum atomic E-state index is -1.26. The molecule has 4 rings (SSSR count). The fraction of sp³-hybridized carbons (Fsp3) is 0.308. The largest absolute Gasteiger partial charge is 0.497 e. The van der Waals surface area contributed by atoms with Gasteiger partial charge in [-0.25, -0.2) is 4.39 Å². The lowest BCUT2D eigenvalue weighted by molar-refractivity contribution is -0.123. The van der Waals surface area contributed by atoms with Crippen molar-refractivity contribution in [1.82, 2.24) is 9.69 Å². The maximum atomic E-state index is 14.2. The van der Waals surface area contributed by atoms with E-state index in [-0.39, 0.29) is 33.7 Å². The van der Waals surface area contributed by atoms with Gasteiger partial charge in [-0.15, -0.1) is 0 Å². The Bertz CT molecular complexity index is 1340. The first-order valence-corrected chi connectivity index (χ1v) is 12.7. The van der Waals surface area contributed by atoms with Gasteiger partial charge in [0.05, 0.1) is 25.6 Å². The number of carbonyl (C=O) groups excluding carboxylic acids is 3. The van der Waals surface area contributed by atoms with Crippen LogP contribution in [0, 0.1) is 5.82 Å². The van der Waals surface area contributed by atoms with Crippen molar-refractivity contribution in [2.45, 2.75) is 37.8 Å². The number of nitrogens with one attached hydrogen (secondary N) is 1. The van der Waals surface area contributed by atoms with Gasteiger partial charge >= 0.3 is 0 Å². The standard InChI is InChI=1S/C26H28FN5O5S/c1-36-17-11-12-19(37-2)18(13-17)32(26(35)23-20(28)21(24(29)33)31-38-23)22(14-7-9-15(27)10-8-14)25(34)30-16-5-3-4-6-16/h7-13,16,22H,3-6,28H2,1-2H3,(H2,29,33)(H,30,34). The van der Waals surface area contributed by atoms with Crippen LogP contribution in [0.15, 0.2) is 42.5 Å². The maximum Gasteiger partial charge on any atom is 0.273 e. The smallest absolute Gasteiger partial charge is 0.273 e. The molecule has 200 valence electrons. The van der Waals surface area contributed by atoms with E-state index in [1.807, 2.05) is 0 Å². The Hall–Kier alpha value is -4.19. The highest BCUT2D eigenvalue weighted by molar-refractivity contribution is 7.09. The molecule has 0 aliphatic heterocycles. The van der Waals surface area contributed by atoms with E-state index in [1.54, 1.807) is 18.2 Å². The summed E-state index contributed by atoms with van der Waals surface area (Å²) in [5.41, 5.74) is 11.6. The van der Waals surface area contributed by atoms with Crippen molar-refractivity contribution in [2.75, 3.05) is 24.9 Å². The molecule has 5 N–H and O–H groups in total. The van der Waals surface area contributed by atoms with Gasteiger partial charge in [-0.3, -0.25) is 19.3 Å². The molecule has 10 nitrogen and oxygen atoms in total. The molecular formula is C26H28FN5O5S. The Kier molecular flexibility index (Phi) is 8.10. The van der Waals surface area contributed by atoms with Crippen LogP contribution in [0.2, 0.25) is 0 Å². The SMILES string of the molecule is COc1ccc(OC)c(N(C(=O)c2snc(C(N)=O)c2N)C(C(=O)NC2CCCC2)c2ccc(F)cc2)c1. The van der Waals surface area contributed by atoms with E-state index >= 15 is 0 Å². The van der Waals surface area contributed by atoms with Crippen molar-refractivity contribution < 1.29 is 28.2 Å². The van der Waals surface area contributed by atoms with E-state index in [2.05, 4.69) is 9.69 Å². The number of primary amides is 1. The van der Waals surface area contributed by atoms with Gasteiger partial charge in [-0.1, -0.05) is 25.0 Å². The number of nitrogens with zero attached hydrogens (tertiary/aromatic N) is 2. The topological polar surface area (TPSA) is 150 Å². The Morgan fingerprint density at radius 2 is 1.79 bits per heavy atom. The molecule has 3 aromatic rings. The zero-order valence-electron chi connectivity index (χ0n) is 20.9. The van der Waals surface area contributed by atoms with Crippen LogP contribution >= 0.6 is 11.5 Å². The molecule has 1 fully saturated rings. The van der Waals surface area contributed by atoms with Crippen LogP contribution in [0.3, 0.4) is 0 Å². The number of nitrogens with two attached hydrogens (primary N) is 2. The van der Waals surface area contributed by atoms with Crippen molar-refractivity contribution in [3.63, 3.8) is 0 Å². The third-order valence-corrected chi connectivity index (χ3v) is 7.26. The average molecular weight is 542 g/mol. The van der Waals surface area contributed by atoms with E-state index in [0.29, 0.717) is 22.8 Å². The van der Waals surface area contributed by atoms with Gasteiger partial charge in [0, 0.05) is 12.1 Å². The minimum absolute atomic E-state index is 0.0652. The first-order valence-electron chi connectivity index (χ1n) is 11.9. The van der Waals surface area contributed by atoms with Crippen LogP contribution in [-0.2, 0) is 4.79 Å². The van der Waals surface area contributed by atoms with E-state index in [9.17, 15) is 18.8 Å². The molecule has 0 bridgehead atoms. The highest BCUT2D eigenvalue weighted by Gasteiger charge is 2.38. The van der Waals surface area contributed by atoms with Crippen LogP contribution in [0.25, 0.3) is 0 Å². The van der Waals surface area contributed by atoms with Crippen molar-refractivity contribution in [3.8, 4) is 11.5 Å². The molecule has 1 heterocycles. The summed E-state index contributed by atoms with van der Waals surface area (Å²) in [6.45, 7) is 0. The number of ether oxygens (including phenoxy) is 2. The van der Waals surface area contributed by atoms with Gasteiger partial charge in [0.25, 0.3) is 11.8 Å². The van der Waals surface area contributed by atoms with Crippen molar-refractivity contribution in [1.29, 1.82) is 0 Å². The molecule has 1 atom stereocenters. The predicted octanol–water partition coefficient (Wildman–Crippen LogP) is 3.43. The number of carbonyl (C=O) groups is 3. The summed E-state index contributed by atoms with van der Waals surface area (Å²) < 4.78 is 28.8. The number of hydrogen-bond acceptors (Lipinski definition) is 8. The number of anilines is 2. The van der Waals surface area contributed by atoms with Crippen molar-refractivity contribution in [3.05, 3.63) is 64.4 Å². The molecule has 1 aromatic heterocycles. The van der Waals surface area contributed by atoms with E-state index in [1.165, 1.54) is 43.4 Å². The fourth-order valence-corrected chi connectivity index (χ4v) is 5.24. The van der Waals surface area contributed by atoms with Crippen molar-refractivity contribution in [2.24, 2.45) is 5.73 Å². The number of methoxy groups -OCH3 is 2. The fourth-order valence-electron chi connectivity index (χ4n) is 4.50. The van der Waals surface area contributed by atoms with Crippen LogP contribution < -0.4 is 31.2 Å². The first kappa shape index (κ1) is 26.9. The lowest BCUT2D eigenvalue weighted by atomic mass is 10.0. The molecule has 0 saturated heterocycles. The summed E-state index contributed by atoms with van der Waals surface area (Å²) in [6, 6.07) is 8.75. The van der Waals surface area contributed by atoms with Gasteiger partial charge in [-0.05, 0) is 54.2 Å². The predicted molar refractivity (Wildman–Crippen MR) is 141 cm³/mol. The normalized spacial score (nSPS) is 14.1. The number of hydrogen-bond donors (Lipinski definition) is 3. The number of benzene rings is 2. The Balaban J connectivity index is 1.93. The third-order valence-electron chi connectivity index (χ3n) is 6.41. The maximum absolute atomic E-state index is 14.2. The quantitative estimate of drug-likeness (QED) is 0.376. The Morgan fingerprint density at radius 1 is 1.11 bits per heavy atom. The second kappa shape index (κ2) is 11.5. The molecule has 0 spiro atoms. The highest BCUT2D eigenvalue weighted by atomic mass is 32.1. The number of amides is 3. The van der Waals surface area contributed by atoms with Gasteiger partial charge in [0.2, 0.25) is 5.91 Å². The zero-order valence-corrected chi connectivity index (χ0v) is 21.7. The summed E-state index contributed by atoms with van der Waals surface area (Å²) in [5.74, 6) is -1.94. The lowest BCUT2D eigenvalue weighted by Gasteiger charge is -2.33. The summed E-state index contributed by atoms with van der Waals surface area (Å²) in [6.07, 6.45) is 3.57. The molecule has 12 heteroatoms. The van der Waals surface area contributed by atoms with Crippen LogP contribution in [-0.4, -0.2) is 42.4 Å². The van der Waals surface area contributed by atoms with E-state index in [0.717, 1.165) is 25.7 Å². The van der Waals surface area contributed by atoms with E-state index in [4.69, 9.17) is 20.9 Å². The van der Waals surface area contributed by atoms with Gasteiger partial charge in [0.15, 0.2) is 5.69 Å². The molecular weight excluding hydrogens is 513 g/mol. The second-order valence-electron chi connectivity index (χ2n) is 8.80. The molecule has 1 aliphatic rings. The molecule has 1 unspecified atom stereocenters. The summed E-state index contributed by atoms with van der Waals surface area (Å²) in [7, 11) is 2.88. The molecule has 0 radical (unpaired) electrons. The number of halogens is 1. The average Bonchev–Trinajstić information content (AvgIpc) is 3.56. The first-order chi connectivity index (χ1) is 18.2. The number of aromatic nitrogens is 1. The number of rotatable bonds is 9. The Morgan fingerprint density at radius 3 is 2.37 bits per heavy atom. The lowest BCUT2D eigenvalue weighted by Crippen LogP contribution is -2.46. The Labute approximate surface area is 222 Å². The molecule has 3 amide bonds. The minimum Gasteiger partial charge on any atom is -0.497 e. The monoisotopic (exact) mass is 541 g/mol. The second-order valence-corrected chi connectivity index (χ2v) is 9.57. The van der Waals surface area contributed by atoms with Gasteiger partial charge in [-0.2, -0.15) is 4.37 Å². The summed E-state index contributed by atoms with van der Waals surface area (Å²) in [5, 5.41) is 3.04. The van der Waals surface area contributed by atoms with Crippen LogP contribution in [0.5, 0.6) is 11.5 Å². The van der Waals surface area contributed by atoms with E-state index < -0.39 is 29.6 Å². The molecule has 1 saturated carbocycles. The summed E-state index contributed by atoms with van der Waals surface area (Å²) in [4.78, 5) is 41.0.